The molecule has 0 radical (unpaired) electrons. The van der Waals surface area contributed by atoms with Crippen LogP contribution in [0.3, 0.4) is 0 Å². The van der Waals surface area contributed by atoms with Crippen LogP contribution in [-0.2, 0) is 10.0 Å². The van der Waals surface area contributed by atoms with Crippen LogP contribution < -0.4 is 9.04 Å². The van der Waals surface area contributed by atoms with Gasteiger partial charge in [-0.05, 0) is 66.4 Å². The van der Waals surface area contributed by atoms with Gasteiger partial charge in [0.2, 0.25) is 5.06 Å². The zero-order valence-corrected chi connectivity index (χ0v) is 26.0. The third kappa shape index (κ3) is 5.57. The third-order valence-electron chi connectivity index (χ3n) is 7.21. The van der Waals surface area contributed by atoms with Gasteiger partial charge in [-0.2, -0.15) is 0 Å². The van der Waals surface area contributed by atoms with E-state index in [1.165, 1.54) is 10.4 Å². The smallest absolute Gasteiger partial charge is 0.458 e. The maximum atomic E-state index is 15.0. The fourth-order valence-electron chi connectivity index (χ4n) is 5.15. The zero-order chi connectivity index (χ0) is 31.0. The van der Waals surface area contributed by atoms with Crippen LogP contribution in [0.1, 0.15) is 28.5 Å². The monoisotopic (exact) mass is 643 g/mol. The molecule has 0 aliphatic heterocycles. The van der Waals surface area contributed by atoms with Gasteiger partial charge in [0, 0.05) is 15.3 Å². The number of hydrogen-bond acceptors (Lipinski definition) is 6. The van der Waals surface area contributed by atoms with E-state index in [9.17, 15) is 9.90 Å². The van der Waals surface area contributed by atoms with Crippen molar-refractivity contribution in [3.05, 3.63) is 137 Å². The van der Waals surface area contributed by atoms with Crippen LogP contribution in [0.5, 0.6) is 5.06 Å². The van der Waals surface area contributed by atoms with Gasteiger partial charge in [-0.25, -0.2) is 17.5 Å². The normalized spacial score (nSPS) is 12.2. The van der Waals surface area contributed by atoms with Gasteiger partial charge in [0.1, 0.15) is 23.1 Å². The molecule has 0 amide bonds. The Morgan fingerprint density at radius 1 is 0.886 bits per heavy atom. The summed E-state index contributed by atoms with van der Waals surface area (Å²) in [5.74, 6) is 0.345. The number of carboxylic acid groups (broad SMARTS) is 1. The first kappa shape index (κ1) is 29.5. The van der Waals surface area contributed by atoms with E-state index in [0.29, 0.717) is 37.9 Å². The molecule has 1 N–H and O–H groups in total. The average Bonchev–Trinajstić information content (AvgIpc) is 3.62. The molecule has 6 aromatic rings. The number of thiophene rings is 1. The number of carbonyl (C=O) groups is 1. The van der Waals surface area contributed by atoms with Crippen LogP contribution in [0.2, 0.25) is 5.02 Å². The molecule has 1 unspecified atom stereocenters. The lowest BCUT2D eigenvalue weighted by Crippen LogP contribution is -2.36. The first-order valence-corrected chi connectivity index (χ1v) is 16.2. The highest BCUT2D eigenvalue weighted by molar-refractivity contribution is 7.93. The Bertz CT molecular complexity index is 2060. The second-order valence-corrected chi connectivity index (χ2v) is 13.4. The fraction of sp³-hybridized carbons (Fsp3) is 0.0882. The molecule has 2 aromatic heterocycles. The minimum Gasteiger partial charge on any atom is -0.458 e. The highest BCUT2D eigenvalue weighted by Crippen LogP contribution is 2.49. The Morgan fingerprint density at radius 2 is 1.55 bits per heavy atom. The maximum absolute atomic E-state index is 15.0. The number of furan rings is 1. The minimum atomic E-state index is -4.44. The van der Waals surface area contributed by atoms with Crippen molar-refractivity contribution < 1.29 is 27.5 Å². The standard InChI is InChI=1S/C34H26ClNO6S2/c1-21-18-31(22(2)17-26(21)35)44(39,40)36(27-20-30(23-11-5-3-6-12-23)43-33(27)42-34(37)38)32(24-13-7-4-8-14-24)29-19-25-15-9-10-16-28(25)41-29/h3-20,32H,1-2H3,(H,37,38). The minimum absolute atomic E-state index is 0.0187. The van der Waals surface area contributed by atoms with E-state index < -0.39 is 22.2 Å². The van der Waals surface area contributed by atoms with Crippen LogP contribution in [0, 0.1) is 13.8 Å². The number of nitrogens with zero attached hydrogens (tertiary/aromatic N) is 1. The molecule has 7 nitrogen and oxygen atoms in total. The molecule has 1 atom stereocenters. The largest absolute Gasteiger partial charge is 0.512 e. The molecule has 2 heterocycles. The number of fused-ring (bicyclic) bond motifs is 1. The van der Waals surface area contributed by atoms with Crippen LogP contribution in [0.15, 0.2) is 119 Å². The van der Waals surface area contributed by atoms with Crippen molar-refractivity contribution >= 4 is 55.8 Å². The number of anilines is 1. The van der Waals surface area contributed by atoms with Crippen molar-refractivity contribution in [3.8, 4) is 15.5 Å². The van der Waals surface area contributed by atoms with Crippen molar-refractivity contribution in [1.82, 2.24) is 0 Å². The lowest BCUT2D eigenvalue weighted by molar-refractivity contribution is 0.146. The lowest BCUT2D eigenvalue weighted by atomic mass is 10.0. The molecule has 0 aliphatic carbocycles. The van der Waals surface area contributed by atoms with E-state index in [1.807, 2.05) is 84.9 Å². The van der Waals surface area contributed by atoms with Crippen LogP contribution >= 0.6 is 22.9 Å². The molecule has 0 spiro atoms. The summed E-state index contributed by atoms with van der Waals surface area (Å²) >= 11 is 7.42. The predicted molar refractivity (Wildman–Crippen MR) is 173 cm³/mol. The van der Waals surface area contributed by atoms with Gasteiger partial charge in [-0.3, -0.25) is 0 Å². The Balaban J connectivity index is 1.69. The molecule has 10 heteroatoms. The summed E-state index contributed by atoms with van der Waals surface area (Å²) in [6.07, 6.45) is -1.57. The summed E-state index contributed by atoms with van der Waals surface area (Å²) in [5.41, 5.74) is 3.02. The molecule has 222 valence electrons. The average molecular weight is 644 g/mol. The molecule has 0 aliphatic rings. The highest BCUT2D eigenvalue weighted by atomic mass is 35.5. The van der Waals surface area contributed by atoms with Crippen LogP contribution in [0.25, 0.3) is 21.4 Å². The van der Waals surface area contributed by atoms with E-state index in [1.54, 1.807) is 32.0 Å². The van der Waals surface area contributed by atoms with E-state index in [2.05, 4.69) is 0 Å². The molecular formula is C34H26ClNO6S2. The van der Waals surface area contributed by atoms with E-state index in [-0.39, 0.29) is 15.6 Å². The summed E-state index contributed by atoms with van der Waals surface area (Å²) < 4.78 is 42.9. The number of rotatable bonds is 8. The quantitative estimate of drug-likeness (QED) is 0.166. The molecule has 6 rings (SSSR count). The number of hydrogen-bond donors (Lipinski definition) is 1. The number of para-hydroxylation sites is 1. The van der Waals surface area contributed by atoms with Gasteiger partial charge in [0.15, 0.2) is 0 Å². The summed E-state index contributed by atoms with van der Waals surface area (Å²) in [6, 6.07) is 31.3. The van der Waals surface area contributed by atoms with Crippen LogP contribution in [-0.4, -0.2) is 19.7 Å². The van der Waals surface area contributed by atoms with Gasteiger partial charge >= 0.3 is 6.16 Å². The van der Waals surface area contributed by atoms with E-state index >= 15 is 8.42 Å². The second kappa shape index (κ2) is 11.8. The number of halogens is 1. The van der Waals surface area contributed by atoms with Gasteiger partial charge < -0.3 is 14.3 Å². The number of ether oxygens (including phenoxy) is 1. The molecule has 0 fully saturated rings. The van der Waals surface area contributed by atoms with Gasteiger partial charge in [0.05, 0.1) is 4.90 Å². The number of sulfonamides is 1. The molecular weight excluding hydrogens is 618 g/mol. The Labute approximate surface area is 263 Å². The first-order valence-electron chi connectivity index (χ1n) is 13.6. The summed E-state index contributed by atoms with van der Waals surface area (Å²) in [7, 11) is -4.44. The van der Waals surface area contributed by atoms with Crippen molar-refractivity contribution in [2.75, 3.05) is 4.31 Å². The molecule has 0 saturated heterocycles. The SMILES string of the molecule is Cc1cc(S(=O)(=O)N(c2cc(-c3ccccc3)sc2OC(=O)O)C(c2ccccc2)c2cc3ccccc3o2)c(C)cc1Cl. The Morgan fingerprint density at radius 3 is 2.23 bits per heavy atom. The van der Waals surface area contributed by atoms with E-state index in [0.717, 1.165) is 22.3 Å². The maximum Gasteiger partial charge on any atom is 0.512 e. The van der Waals surface area contributed by atoms with Crippen LogP contribution in [0.4, 0.5) is 10.5 Å². The van der Waals surface area contributed by atoms with Gasteiger partial charge in [-0.1, -0.05) is 102 Å². The fourth-order valence-corrected chi connectivity index (χ4v) is 8.32. The summed E-state index contributed by atoms with van der Waals surface area (Å²) in [4.78, 5) is 12.6. The van der Waals surface area contributed by atoms with Crippen molar-refractivity contribution in [3.63, 3.8) is 0 Å². The lowest BCUT2D eigenvalue weighted by Gasteiger charge is -2.32. The zero-order valence-electron chi connectivity index (χ0n) is 23.6. The number of aryl methyl sites for hydroxylation is 2. The topological polar surface area (TPSA) is 97.0 Å². The second-order valence-electron chi connectivity index (χ2n) is 10.2. The summed E-state index contributed by atoms with van der Waals surface area (Å²) in [6.45, 7) is 3.41. The van der Waals surface area contributed by atoms with Gasteiger partial charge in [0.25, 0.3) is 10.0 Å². The third-order valence-corrected chi connectivity index (χ3v) is 10.6. The summed E-state index contributed by atoms with van der Waals surface area (Å²) in [5, 5.41) is 10.9. The Hall–Kier alpha value is -4.57. The van der Waals surface area contributed by atoms with Crippen molar-refractivity contribution in [2.45, 2.75) is 24.8 Å². The Kier molecular flexibility index (Phi) is 7.94. The molecule has 4 aromatic carbocycles. The van der Waals surface area contributed by atoms with Gasteiger partial charge in [-0.15, -0.1) is 0 Å². The highest BCUT2D eigenvalue weighted by Gasteiger charge is 2.40. The first-order chi connectivity index (χ1) is 21.1. The van der Waals surface area contributed by atoms with E-state index in [4.69, 9.17) is 20.8 Å². The van der Waals surface area contributed by atoms with Crippen molar-refractivity contribution in [2.24, 2.45) is 0 Å². The molecule has 0 bridgehead atoms. The molecule has 0 saturated carbocycles. The number of benzene rings is 4. The predicted octanol–water partition coefficient (Wildman–Crippen LogP) is 9.47. The molecule has 44 heavy (non-hydrogen) atoms. The van der Waals surface area contributed by atoms with Crippen molar-refractivity contribution in [1.29, 1.82) is 0 Å².